The van der Waals surface area contributed by atoms with Crippen molar-refractivity contribution < 1.29 is 9.53 Å². The quantitative estimate of drug-likeness (QED) is 0.525. The van der Waals surface area contributed by atoms with Crippen LogP contribution in [0.25, 0.3) is 0 Å². The molecule has 0 saturated heterocycles. The van der Waals surface area contributed by atoms with E-state index in [0.29, 0.717) is 16.3 Å². The van der Waals surface area contributed by atoms with Gasteiger partial charge >= 0.3 is 0 Å². The Bertz CT molecular complexity index is 1030. The van der Waals surface area contributed by atoms with E-state index in [0.717, 1.165) is 29.1 Å². The maximum Gasteiger partial charge on any atom is 0.261 e. The number of carbonyl (C=O) groups is 1. The fraction of sp³-hybridized carbons (Fsp3) is 0.190. The Hall–Kier alpha value is -2.90. The maximum absolute atomic E-state index is 12.5. The van der Waals surface area contributed by atoms with Crippen molar-refractivity contribution in [1.29, 1.82) is 0 Å². The van der Waals surface area contributed by atoms with Crippen LogP contribution >= 0.6 is 23.8 Å². The van der Waals surface area contributed by atoms with Crippen molar-refractivity contribution in [2.75, 3.05) is 12.4 Å². The lowest BCUT2D eigenvalue weighted by molar-refractivity contribution is 0.0975. The van der Waals surface area contributed by atoms with Gasteiger partial charge in [-0.15, -0.1) is 0 Å². The Kier molecular flexibility index (Phi) is 6.51. The molecule has 0 aliphatic carbocycles. The second kappa shape index (κ2) is 9.07. The molecule has 0 atom stereocenters. The minimum atomic E-state index is -0.399. The Morgan fingerprint density at radius 1 is 1.21 bits per heavy atom. The van der Waals surface area contributed by atoms with Crippen LogP contribution in [0, 0.1) is 13.8 Å². The molecule has 0 aliphatic rings. The molecule has 1 heterocycles. The standard InChI is InChI=1S/C21H21ClN4O2S/c1-12-17(13(2)26-25-12)10-14-4-7-16(8-5-14)23-21(29)24-20(27)18-11-15(22)6-9-19(18)28-3/h4-9,11H,10H2,1-3H3,(H,25,26)(H2,23,24,27,29). The number of methoxy groups -OCH3 is 1. The molecule has 3 rings (SSSR count). The number of anilines is 1. The van der Waals surface area contributed by atoms with Gasteiger partial charge in [0.25, 0.3) is 5.91 Å². The summed E-state index contributed by atoms with van der Waals surface area (Å²) >= 11 is 11.2. The summed E-state index contributed by atoms with van der Waals surface area (Å²) in [6, 6.07) is 12.7. The molecule has 0 saturated carbocycles. The highest BCUT2D eigenvalue weighted by atomic mass is 35.5. The zero-order valence-electron chi connectivity index (χ0n) is 16.3. The van der Waals surface area contributed by atoms with Gasteiger partial charge < -0.3 is 10.1 Å². The summed E-state index contributed by atoms with van der Waals surface area (Å²) in [6.07, 6.45) is 0.796. The number of hydrogen-bond acceptors (Lipinski definition) is 4. The minimum absolute atomic E-state index is 0.186. The molecule has 29 heavy (non-hydrogen) atoms. The van der Waals surface area contributed by atoms with E-state index in [9.17, 15) is 4.79 Å². The second-order valence-electron chi connectivity index (χ2n) is 6.54. The Morgan fingerprint density at radius 3 is 2.55 bits per heavy atom. The first-order valence-corrected chi connectivity index (χ1v) is 9.71. The van der Waals surface area contributed by atoms with E-state index in [4.69, 9.17) is 28.6 Å². The molecule has 8 heteroatoms. The first-order valence-electron chi connectivity index (χ1n) is 8.92. The number of amides is 1. The molecule has 0 radical (unpaired) electrons. The molecule has 0 spiro atoms. The van der Waals surface area contributed by atoms with Crippen molar-refractivity contribution in [1.82, 2.24) is 15.5 Å². The van der Waals surface area contributed by atoms with Crippen LogP contribution in [0.15, 0.2) is 42.5 Å². The van der Waals surface area contributed by atoms with Crippen LogP contribution in [-0.2, 0) is 6.42 Å². The molecule has 150 valence electrons. The van der Waals surface area contributed by atoms with Crippen LogP contribution in [0.5, 0.6) is 5.75 Å². The van der Waals surface area contributed by atoms with Gasteiger partial charge in [-0.25, -0.2) is 0 Å². The number of benzene rings is 2. The molecule has 3 N–H and O–H groups in total. The van der Waals surface area contributed by atoms with Gasteiger partial charge in [0.1, 0.15) is 5.75 Å². The summed E-state index contributed by atoms with van der Waals surface area (Å²) in [5, 5.41) is 13.5. The van der Waals surface area contributed by atoms with Gasteiger partial charge in [-0.2, -0.15) is 5.10 Å². The zero-order valence-corrected chi connectivity index (χ0v) is 17.9. The Labute approximate surface area is 179 Å². The van der Waals surface area contributed by atoms with Gasteiger partial charge in [0.15, 0.2) is 5.11 Å². The zero-order chi connectivity index (χ0) is 21.0. The van der Waals surface area contributed by atoms with Crippen LogP contribution in [0.3, 0.4) is 0 Å². The molecule has 6 nitrogen and oxygen atoms in total. The minimum Gasteiger partial charge on any atom is -0.496 e. The highest BCUT2D eigenvalue weighted by molar-refractivity contribution is 7.80. The van der Waals surface area contributed by atoms with Crippen LogP contribution in [0.4, 0.5) is 5.69 Å². The number of H-pyrrole nitrogens is 1. The molecule has 1 aromatic heterocycles. The fourth-order valence-electron chi connectivity index (χ4n) is 2.94. The van der Waals surface area contributed by atoms with Crippen molar-refractivity contribution in [3.8, 4) is 5.75 Å². The first-order chi connectivity index (χ1) is 13.9. The van der Waals surface area contributed by atoms with Gasteiger partial charge in [-0.1, -0.05) is 23.7 Å². The van der Waals surface area contributed by atoms with Crippen LogP contribution in [-0.4, -0.2) is 28.3 Å². The number of nitrogens with one attached hydrogen (secondary N) is 3. The lowest BCUT2D eigenvalue weighted by Crippen LogP contribution is -2.34. The highest BCUT2D eigenvalue weighted by Gasteiger charge is 2.14. The number of carbonyl (C=O) groups excluding carboxylic acids is 1. The number of aryl methyl sites for hydroxylation is 2. The number of ether oxygens (including phenoxy) is 1. The SMILES string of the molecule is COc1ccc(Cl)cc1C(=O)NC(=S)Nc1ccc(Cc2c(C)n[nH]c2C)cc1. The number of halogens is 1. The van der Waals surface area contributed by atoms with Crippen molar-refractivity contribution in [3.63, 3.8) is 0 Å². The highest BCUT2D eigenvalue weighted by Crippen LogP contribution is 2.22. The number of aromatic nitrogens is 2. The molecule has 0 aliphatic heterocycles. The van der Waals surface area contributed by atoms with Gasteiger partial charge in [0.05, 0.1) is 18.4 Å². The van der Waals surface area contributed by atoms with Crippen molar-refractivity contribution in [3.05, 3.63) is 75.6 Å². The number of aromatic amines is 1. The average molecular weight is 429 g/mol. The summed E-state index contributed by atoms with van der Waals surface area (Å²) in [5.41, 5.74) is 5.52. The third-order valence-electron chi connectivity index (χ3n) is 4.51. The summed E-state index contributed by atoms with van der Waals surface area (Å²) in [5.74, 6) is 0.0215. The van der Waals surface area contributed by atoms with E-state index in [-0.39, 0.29) is 5.11 Å². The van der Waals surface area contributed by atoms with E-state index in [2.05, 4.69) is 20.8 Å². The fourth-order valence-corrected chi connectivity index (χ4v) is 3.32. The molecule has 2 aromatic carbocycles. The lowest BCUT2D eigenvalue weighted by Gasteiger charge is -2.12. The van der Waals surface area contributed by atoms with Crippen LogP contribution < -0.4 is 15.4 Å². The Balaban J connectivity index is 1.62. The van der Waals surface area contributed by atoms with Crippen molar-refractivity contribution in [2.45, 2.75) is 20.3 Å². The molecule has 0 fully saturated rings. The van der Waals surface area contributed by atoms with E-state index in [1.807, 2.05) is 38.1 Å². The van der Waals surface area contributed by atoms with Gasteiger partial charge in [-0.3, -0.25) is 15.2 Å². The van der Waals surface area contributed by atoms with E-state index in [1.165, 1.54) is 18.7 Å². The van der Waals surface area contributed by atoms with E-state index < -0.39 is 5.91 Å². The number of rotatable bonds is 5. The monoisotopic (exact) mass is 428 g/mol. The number of thiocarbonyl (C=S) groups is 1. The van der Waals surface area contributed by atoms with Gasteiger partial charge in [-0.05, 0) is 62.0 Å². The Morgan fingerprint density at radius 2 is 1.93 bits per heavy atom. The van der Waals surface area contributed by atoms with E-state index >= 15 is 0 Å². The molecule has 1 amide bonds. The van der Waals surface area contributed by atoms with Gasteiger partial charge in [0.2, 0.25) is 0 Å². The second-order valence-corrected chi connectivity index (χ2v) is 7.38. The summed E-state index contributed by atoms with van der Waals surface area (Å²) in [6.45, 7) is 4.01. The summed E-state index contributed by atoms with van der Waals surface area (Å²) < 4.78 is 5.20. The predicted molar refractivity (Wildman–Crippen MR) is 119 cm³/mol. The van der Waals surface area contributed by atoms with Crippen molar-refractivity contribution >= 4 is 40.5 Å². The average Bonchev–Trinajstić information content (AvgIpc) is 3.01. The lowest BCUT2D eigenvalue weighted by atomic mass is 10.0. The molecule has 0 unspecified atom stereocenters. The molecular weight excluding hydrogens is 408 g/mol. The maximum atomic E-state index is 12.5. The number of hydrogen-bond donors (Lipinski definition) is 3. The summed E-state index contributed by atoms with van der Waals surface area (Å²) in [4.78, 5) is 12.5. The molecule has 0 bridgehead atoms. The molecule has 3 aromatic rings. The smallest absolute Gasteiger partial charge is 0.261 e. The number of nitrogens with zero attached hydrogens (tertiary/aromatic N) is 1. The normalized spacial score (nSPS) is 10.5. The largest absolute Gasteiger partial charge is 0.496 e. The summed E-state index contributed by atoms with van der Waals surface area (Å²) in [7, 11) is 1.49. The first kappa shape index (κ1) is 20.8. The van der Waals surface area contributed by atoms with Gasteiger partial charge in [0, 0.05) is 28.4 Å². The van der Waals surface area contributed by atoms with E-state index in [1.54, 1.807) is 12.1 Å². The predicted octanol–water partition coefficient (Wildman–Crippen LogP) is 4.41. The third-order valence-corrected chi connectivity index (χ3v) is 4.95. The van der Waals surface area contributed by atoms with Crippen molar-refractivity contribution in [2.24, 2.45) is 0 Å². The van der Waals surface area contributed by atoms with Crippen LogP contribution in [0.2, 0.25) is 5.02 Å². The topological polar surface area (TPSA) is 79.0 Å². The third kappa shape index (κ3) is 5.13. The van der Waals surface area contributed by atoms with Crippen LogP contribution in [0.1, 0.15) is 32.9 Å². The molecular formula is C21H21ClN4O2S.